The molecule has 0 unspecified atom stereocenters. The number of anilines is 1. The molecule has 0 atom stereocenters. The zero-order valence-corrected chi connectivity index (χ0v) is 13.9. The molecule has 21 heavy (non-hydrogen) atoms. The number of aromatic nitrogens is 1. The van der Waals surface area contributed by atoms with E-state index in [9.17, 15) is 4.79 Å². The molecule has 0 spiro atoms. The number of nitrogens with zero attached hydrogens (tertiary/aromatic N) is 1. The Kier molecular flexibility index (Phi) is 4.12. The van der Waals surface area contributed by atoms with E-state index in [0.717, 1.165) is 4.47 Å². The van der Waals surface area contributed by atoms with Crippen molar-refractivity contribution >= 4 is 43.5 Å². The van der Waals surface area contributed by atoms with Gasteiger partial charge in [-0.15, -0.1) is 0 Å². The highest BCUT2D eigenvalue weighted by Crippen LogP contribution is 2.38. The van der Waals surface area contributed by atoms with Crippen molar-refractivity contribution in [3.8, 4) is 11.5 Å². The number of benzene rings is 1. The van der Waals surface area contributed by atoms with Crippen molar-refractivity contribution < 1.29 is 14.3 Å². The van der Waals surface area contributed by atoms with Crippen molar-refractivity contribution in [1.82, 2.24) is 4.98 Å². The highest BCUT2D eigenvalue weighted by Gasteiger charge is 2.16. The van der Waals surface area contributed by atoms with Gasteiger partial charge < -0.3 is 14.8 Å². The summed E-state index contributed by atoms with van der Waals surface area (Å²) in [5.74, 6) is 1.06. The minimum absolute atomic E-state index is 0.226. The summed E-state index contributed by atoms with van der Waals surface area (Å²) in [7, 11) is 0. The standard InChI is InChI=1S/C14H10Br2N2O3/c15-9-6-11-12(21-4-3-20-11)7-10(9)18-14(19)8-1-2-17-13(16)5-8/h1-2,5-7H,3-4H2,(H,18,19). The molecule has 1 aromatic carbocycles. The van der Waals surface area contributed by atoms with Crippen molar-refractivity contribution in [2.24, 2.45) is 0 Å². The van der Waals surface area contributed by atoms with E-state index in [0.29, 0.717) is 40.6 Å². The molecule has 0 fully saturated rings. The quantitative estimate of drug-likeness (QED) is 0.763. The molecular formula is C14H10Br2N2O3. The first kappa shape index (κ1) is 14.3. The van der Waals surface area contributed by atoms with Crippen LogP contribution in [0.15, 0.2) is 39.5 Å². The number of nitrogens with one attached hydrogen (secondary N) is 1. The molecule has 7 heteroatoms. The van der Waals surface area contributed by atoms with Crippen molar-refractivity contribution in [1.29, 1.82) is 0 Å². The molecule has 1 amide bonds. The van der Waals surface area contributed by atoms with Gasteiger partial charge in [0, 0.05) is 28.4 Å². The molecule has 0 saturated heterocycles. The average molecular weight is 414 g/mol. The van der Waals surface area contributed by atoms with Gasteiger partial charge in [0.15, 0.2) is 11.5 Å². The number of hydrogen-bond acceptors (Lipinski definition) is 4. The summed E-state index contributed by atoms with van der Waals surface area (Å²) in [6.45, 7) is 1.02. The SMILES string of the molecule is O=C(Nc1cc2c(cc1Br)OCCO2)c1ccnc(Br)c1. The lowest BCUT2D eigenvalue weighted by atomic mass is 10.2. The largest absolute Gasteiger partial charge is 0.486 e. The number of hydrogen-bond donors (Lipinski definition) is 1. The minimum Gasteiger partial charge on any atom is -0.486 e. The molecule has 5 nitrogen and oxygen atoms in total. The van der Waals surface area contributed by atoms with Crippen LogP contribution >= 0.6 is 31.9 Å². The molecule has 1 aromatic heterocycles. The lowest BCUT2D eigenvalue weighted by Crippen LogP contribution is -2.17. The first-order valence-corrected chi connectivity index (χ1v) is 7.74. The van der Waals surface area contributed by atoms with Crippen LogP contribution in [0.25, 0.3) is 0 Å². The fourth-order valence-electron chi connectivity index (χ4n) is 1.90. The fraction of sp³-hybridized carbons (Fsp3) is 0.143. The number of fused-ring (bicyclic) bond motifs is 1. The summed E-state index contributed by atoms with van der Waals surface area (Å²) in [5.41, 5.74) is 1.14. The second-order valence-electron chi connectivity index (χ2n) is 4.30. The Morgan fingerprint density at radius 2 is 1.86 bits per heavy atom. The highest BCUT2D eigenvalue weighted by molar-refractivity contribution is 9.10. The molecule has 0 aliphatic carbocycles. The number of amides is 1. The summed E-state index contributed by atoms with van der Waals surface area (Å²) >= 11 is 6.66. The maximum atomic E-state index is 12.2. The van der Waals surface area contributed by atoms with Gasteiger partial charge in [0.25, 0.3) is 5.91 Å². The zero-order valence-electron chi connectivity index (χ0n) is 10.7. The first-order chi connectivity index (χ1) is 10.1. The third-order valence-corrected chi connectivity index (χ3v) is 3.96. The van der Waals surface area contributed by atoms with Gasteiger partial charge in [-0.1, -0.05) is 0 Å². The summed E-state index contributed by atoms with van der Waals surface area (Å²) in [6.07, 6.45) is 1.57. The molecule has 0 saturated carbocycles. The van der Waals surface area contributed by atoms with E-state index < -0.39 is 0 Å². The van der Waals surface area contributed by atoms with Crippen LogP contribution in [-0.2, 0) is 0 Å². The van der Waals surface area contributed by atoms with Crippen LogP contribution in [0.4, 0.5) is 5.69 Å². The molecule has 2 heterocycles. The Bertz CT molecular complexity index is 707. The monoisotopic (exact) mass is 412 g/mol. The van der Waals surface area contributed by atoms with E-state index in [-0.39, 0.29) is 5.91 Å². The maximum absolute atomic E-state index is 12.2. The van der Waals surface area contributed by atoms with Gasteiger partial charge in [0.1, 0.15) is 17.8 Å². The zero-order chi connectivity index (χ0) is 14.8. The van der Waals surface area contributed by atoms with E-state index >= 15 is 0 Å². The topological polar surface area (TPSA) is 60.5 Å². The normalized spacial score (nSPS) is 12.9. The summed E-state index contributed by atoms with van der Waals surface area (Å²) in [4.78, 5) is 16.2. The average Bonchev–Trinajstić information content (AvgIpc) is 2.48. The third kappa shape index (κ3) is 3.19. The fourth-order valence-corrected chi connectivity index (χ4v) is 2.68. The highest BCUT2D eigenvalue weighted by atomic mass is 79.9. The number of carbonyl (C=O) groups is 1. The Hall–Kier alpha value is -1.60. The van der Waals surface area contributed by atoms with Crippen LogP contribution in [0.2, 0.25) is 0 Å². The van der Waals surface area contributed by atoms with Gasteiger partial charge >= 0.3 is 0 Å². The second-order valence-corrected chi connectivity index (χ2v) is 5.96. The number of rotatable bonds is 2. The van der Waals surface area contributed by atoms with Gasteiger partial charge in [-0.25, -0.2) is 4.98 Å². The predicted octanol–water partition coefficient (Wildman–Crippen LogP) is 3.63. The van der Waals surface area contributed by atoms with Gasteiger partial charge in [0.2, 0.25) is 0 Å². The smallest absolute Gasteiger partial charge is 0.255 e. The molecule has 2 aromatic rings. The van der Waals surface area contributed by atoms with Crippen molar-refractivity contribution in [3.05, 3.63) is 45.1 Å². The number of ether oxygens (including phenoxy) is 2. The van der Waals surface area contributed by atoms with E-state index in [1.807, 2.05) is 0 Å². The van der Waals surface area contributed by atoms with Gasteiger partial charge in [-0.2, -0.15) is 0 Å². The van der Waals surface area contributed by atoms with Crippen LogP contribution in [0.1, 0.15) is 10.4 Å². The van der Waals surface area contributed by atoms with Crippen molar-refractivity contribution in [2.45, 2.75) is 0 Å². The first-order valence-electron chi connectivity index (χ1n) is 6.15. The van der Waals surface area contributed by atoms with Gasteiger partial charge in [0.05, 0.1) is 5.69 Å². The Labute approximate surface area is 137 Å². The molecule has 1 aliphatic rings. The third-order valence-electron chi connectivity index (χ3n) is 2.87. The Balaban J connectivity index is 1.86. The molecule has 0 bridgehead atoms. The Morgan fingerprint density at radius 1 is 1.14 bits per heavy atom. The molecule has 0 radical (unpaired) electrons. The van der Waals surface area contributed by atoms with Gasteiger partial charge in [-0.3, -0.25) is 4.79 Å². The summed E-state index contributed by atoms with van der Waals surface area (Å²) in [6, 6.07) is 6.83. The molecule has 3 rings (SSSR count). The lowest BCUT2D eigenvalue weighted by molar-refractivity contribution is 0.102. The van der Waals surface area contributed by atoms with Crippen molar-refractivity contribution in [2.75, 3.05) is 18.5 Å². The van der Waals surface area contributed by atoms with Crippen molar-refractivity contribution in [3.63, 3.8) is 0 Å². The number of carbonyl (C=O) groups excluding carboxylic acids is 1. The lowest BCUT2D eigenvalue weighted by Gasteiger charge is -2.20. The van der Waals surface area contributed by atoms with E-state index in [2.05, 4.69) is 42.2 Å². The summed E-state index contributed by atoms with van der Waals surface area (Å²) in [5, 5.41) is 2.83. The van der Waals surface area contributed by atoms with Crippen LogP contribution in [0.3, 0.4) is 0 Å². The second kappa shape index (κ2) is 6.03. The van der Waals surface area contributed by atoms with Gasteiger partial charge in [-0.05, 0) is 44.0 Å². The molecule has 1 aliphatic heterocycles. The van der Waals surface area contributed by atoms with E-state index in [4.69, 9.17) is 9.47 Å². The van der Waals surface area contributed by atoms with E-state index in [1.54, 1.807) is 30.5 Å². The number of pyridine rings is 1. The van der Waals surface area contributed by atoms with Crippen LogP contribution < -0.4 is 14.8 Å². The molecular weight excluding hydrogens is 404 g/mol. The Morgan fingerprint density at radius 3 is 2.57 bits per heavy atom. The number of halogens is 2. The molecule has 108 valence electrons. The maximum Gasteiger partial charge on any atom is 0.255 e. The van der Waals surface area contributed by atoms with Crippen LogP contribution in [0.5, 0.6) is 11.5 Å². The predicted molar refractivity (Wildman–Crippen MR) is 85.0 cm³/mol. The summed E-state index contributed by atoms with van der Waals surface area (Å²) < 4.78 is 12.3. The minimum atomic E-state index is -0.226. The van der Waals surface area contributed by atoms with E-state index in [1.165, 1.54) is 0 Å². The van der Waals surface area contributed by atoms with Crippen LogP contribution in [-0.4, -0.2) is 24.1 Å². The van der Waals surface area contributed by atoms with Crippen LogP contribution in [0, 0.1) is 0 Å². The molecule has 1 N–H and O–H groups in total.